The molecule has 6 heteroatoms. The summed E-state index contributed by atoms with van der Waals surface area (Å²) in [6, 6.07) is 24.2. The quantitative estimate of drug-likeness (QED) is 0.541. The Kier molecular flexibility index (Phi) is 7.65. The SMILES string of the molecule is CCOc1ccc(NCC(=O)Nc2cccc(C(=O)N(C)Cc3ccccc3)c2)cc1. The lowest BCUT2D eigenvalue weighted by atomic mass is 10.1. The van der Waals surface area contributed by atoms with Gasteiger partial charge in [0, 0.05) is 30.5 Å². The summed E-state index contributed by atoms with van der Waals surface area (Å²) in [6.07, 6.45) is 0. The van der Waals surface area contributed by atoms with E-state index in [1.165, 1.54) is 0 Å². The van der Waals surface area contributed by atoms with E-state index in [2.05, 4.69) is 10.6 Å². The highest BCUT2D eigenvalue weighted by molar-refractivity contribution is 5.98. The molecule has 160 valence electrons. The first kappa shape index (κ1) is 21.9. The topological polar surface area (TPSA) is 70.7 Å². The summed E-state index contributed by atoms with van der Waals surface area (Å²) in [5.41, 5.74) is 2.99. The van der Waals surface area contributed by atoms with Gasteiger partial charge in [-0.15, -0.1) is 0 Å². The van der Waals surface area contributed by atoms with Crippen LogP contribution in [0.25, 0.3) is 0 Å². The molecule has 0 atom stereocenters. The van der Waals surface area contributed by atoms with Gasteiger partial charge in [0.15, 0.2) is 0 Å². The molecule has 0 bridgehead atoms. The highest BCUT2D eigenvalue weighted by atomic mass is 16.5. The van der Waals surface area contributed by atoms with E-state index < -0.39 is 0 Å². The standard InChI is InChI=1S/C25H27N3O3/c1-3-31-23-14-12-21(13-15-23)26-17-24(29)27-22-11-7-10-20(16-22)25(30)28(2)18-19-8-5-4-6-9-19/h4-16,26H,3,17-18H2,1-2H3,(H,27,29). The molecular weight excluding hydrogens is 390 g/mol. The van der Waals surface area contributed by atoms with Gasteiger partial charge in [0.05, 0.1) is 13.2 Å². The highest BCUT2D eigenvalue weighted by Gasteiger charge is 2.13. The van der Waals surface area contributed by atoms with Crippen molar-refractivity contribution in [2.24, 2.45) is 0 Å². The summed E-state index contributed by atoms with van der Waals surface area (Å²) in [5.74, 6) is 0.486. The molecule has 3 aromatic rings. The average molecular weight is 418 g/mol. The Morgan fingerprint density at radius 2 is 1.65 bits per heavy atom. The third-order valence-electron chi connectivity index (χ3n) is 4.62. The van der Waals surface area contributed by atoms with Gasteiger partial charge in [0.2, 0.25) is 5.91 Å². The smallest absolute Gasteiger partial charge is 0.253 e. The average Bonchev–Trinajstić information content (AvgIpc) is 2.79. The molecular formula is C25H27N3O3. The molecule has 6 nitrogen and oxygen atoms in total. The van der Waals surface area contributed by atoms with Gasteiger partial charge in [0.25, 0.3) is 5.91 Å². The second-order valence-corrected chi connectivity index (χ2v) is 7.09. The molecule has 0 aromatic heterocycles. The summed E-state index contributed by atoms with van der Waals surface area (Å²) in [7, 11) is 1.77. The lowest BCUT2D eigenvalue weighted by Gasteiger charge is -2.18. The summed E-state index contributed by atoms with van der Waals surface area (Å²) < 4.78 is 5.41. The Morgan fingerprint density at radius 3 is 2.35 bits per heavy atom. The molecule has 0 unspecified atom stereocenters. The first-order valence-corrected chi connectivity index (χ1v) is 10.2. The molecule has 0 spiro atoms. The van der Waals surface area contributed by atoms with Crippen LogP contribution in [0.15, 0.2) is 78.9 Å². The zero-order valence-corrected chi connectivity index (χ0v) is 17.8. The molecule has 0 saturated carbocycles. The number of ether oxygens (including phenoxy) is 1. The number of anilines is 2. The van der Waals surface area contributed by atoms with Gasteiger partial charge in [-0.1, -0.05) is 36.4 Å². The van der Waals surface area contributed by atoms with E-state index in [4.69, 9.17) is 4.74 Å². The van der Waals surface area contributed by atoms with Crippen molar-refractivity contribution in [2.75, 3.05) is 30.8 Å². The van der Waals surface area contributed by atoms with Crippen molar-refractivity contribution in [3.63, 3.8) is 0 Å². The minimum Gasteiger partial charge on any atom is -0.494 e. The van der Waals surface area contributed by atoms with E-state index in [1.54, 1.807) is 36.2 Å². The number of benzene rings is 3. The fraction of sp³-hybridized carbons (Fsp3) is 0.200. The Balaban J connectivity index is 1.54. The van der Waals surface area contributed by atoms with E-state index >= 15 is 0 Å². The zero-order valence-electron chi connectivity index (χ0n) is 17.8. The fourth-order valence-electron chi connectivity index (χ4n) is 3.10. The van der Waals surface area contributed by atoms with Gasteiger partial charge in [-0.2, -0.15) is 0 Å². The second-order valence-electron chi connectivity index (χ2n) is 7.09. The van der Waals surface area contributed by atoms with Crippen LogP contribution in [0.2, 0.25) is 0 Å². The number of hydrogen-bond acceptors (Lipinski definition) is 4. The van der Waals surface area contributed by atoms with Crippen molar-refractivity contribution in [3.05, 3.63) is 90.0 Å². The Bertz CT molecular complexity index is 1000. The lowest BCUT2D eigenvalue weighted by Crippen LogP contribution is -2.26. The van der Waals surface area contributed by atoms with Crippen molar-refractivity contribution >= 4 is 23.2 Å². The largest absolute Gasteiger partial charge is 0.494 e. The van der Waals surface area contributed by atoms with Crippen LogP contribution in [0.5, 0.6) is 5.75 Å². The Hall–Kier alpha value is -3.80. The third kappa shape index (κ3) is 6.60. The summed E-state index contributed by atoms with van der Waals surface area (Å²) >= 11 is 0. The number of nitrogens with one attached hydrogen (secondary N) is 2. The number of rotatable bonds is 9. The normalized spacial score (nSPS) is 10.3. The number of amides is 2. The maximum absolute atomic E-state index is 12.8. The van der Waals surface area contributed by atoms with Crippen LogP contribution in [0.3, 0.4) is 0 Å². The monoisotopic (exact) mass is 417 g/mol. The number of hydrogen-bond donors (Lipinski definition) is 2. The van der Waals surface area contributed by atoms with Crippen molar-refractivity contribution in [2.45, 2.75) is 13.5 Å². The van der Waals surface area contributed by atoms with Crippen molar-refractivity contribution in [1.29, 1.82) is 0 Å². The zero-order chi connectivity index (χ0) is 22.1. The van der Waals surface area contributed by atoms with E-state index in [0.717, 1.165) is 17.0 Å². The molecule has 31 heavy (non-hydrogen) atoms. The predicted molar refractivity (Wildman–Crippen MR) is 123 cm³/mol. The van der Waals surface area contributed by atoms with Crippen molar-refractivity contribution < 1.29 is 14.3 Å². The van der Waals surface area contributed by atoms with Gasteiger partial charge in [-0.05, 0) is 55.0 Å². The number of carbonyl (C=O) groups excluding carboxylic acids is 2. The van der Waals surface area contributed by atoms with Gasteiger partial charge >= 0.3 is 0 Å². The lowest BCUT2D eigenvalue weighted by molar-refractivity contribution is -0.114. The van der Waals surface area contributed by atoms with Crippen LogP contribution in [-0.2, 0) is 11.3 Å². The van der Waals surface area contributed by atoms with Crippen LogP contribution < -0.4 is 15.4 Å². The van der Waals surface area contributed by atoms with Gasteiger partial charge < -0.3 is 20.3 Å². The molecule has 0 aliphatic carbocycles. The maximum Gasteiger partial charge on any atom is 0.253 e. The van der Waals surface area contributed by atoms with Crippen LogP contribution in [0.1, 0.15) is 22.8 Å². The summed E-state index contributed by atoms with van der Waals surface area (Å²) in [6.45, 7) is 3.17. The van der Waals surface area contributed by atoms with Crippen LogP contribution in [0, 0.1) is 0 Å². The molecule has 0 aliphatic rings. The predicted octanol–water partition coefficient (Wildman–Crippen LogP) is 4.41. The number of carbonyl (C=O) groups is 2. The van der Waals surface area contributed by atoms with Crippen LogP contribution in [-0.4, -0.2) is 36.9 Å². The fourth-order valence-corrected chi connectivity index (χ4v) is 3.10. The van der Waals surface area contributed by atoms with Gasteiger partial charge in [-0.25, -0.2) is 0 Å². The molecule has 0 heterocycles. The Morgan fingerprint density at radius 1 is 0.903 bits per heavy atom. The molecule has 3 aromatic carbocycles. The molecule has 0 radical (unpaired) electrons. The van der Waals surface area contributed by atoms with Crippen LogP contribution >= 0.6 is 0 Å². The number of nitrogens with zero attached hydrogens (tertiary/aromatic N) is 1. The summed E-state index contributed by atoms with van der Waals surface area (Å²) in [5, 5.41) is 5.91. The molecule has 0 fully saturated rings. The third-order valence-corrected chi connectivity index (χ3v) is 4.62. The molecule has 2 amide bonds. The van der Waals surface area contributed by atoms with Crippen molar-refractivity contribution in [1.82, 2.24) is 4.90 Å². The first-order chi connectivity index (χ1) is 15.0. The highest BCUT2D eigenvalue weighted by Crippen LogP contribution is 2.16. The van der Waals surface area contributed by atoms with E-state index in [9.17, 15) is 9.59 Å². The van der Waals surface area contributed by atoms with Crippen LogP contribution in [0.4, 0.5) is 11.4 Å². The van der Waals surface area contributed by atoms with E-state index in [0.29, 0.717) is 24.4 Å². The van der Waals surface area contributed by atoms with Gasteiger partial charge in [0.1, 0.15) is 5.75 Å². The Labute approximate surface area is 182 Å². The first-order valence-electron chi connectivity index (χ1n) is 10.2. The minimum absolute atomic E-state index is 0.104. The van der Waals surface area contributed by atoms with Crippen molar-refractivity contribution in [3.8, 4) is 5.75 Å². The summed E-state index contributed by atoms with van der Waals surface area (Å²) in [4.78, 5) is 26.7. The second kappa shape index (κ2) is 10.8. The molecule has 3 rings (SSSR count). The minimum atomic E-state index is -0.198. The molecule has 0 aliphatic heterocycles. The van der Waals surface area contributed by atoms with E-state index in [1.807, 2.05) is 61.5 Å². The molecule has 0 saturated heterocycles. The van der Waals surface area contributed by atoms with Gasteiger partial charge in [-0.3, -0.25) is 9.59 Å². The molecule has 2 N–H and O–H groups in total. The maximum atomic E-state index is 12.8. The van der Waals surface area contributed by atoms with E-state index in [-0.39, 0.29) is 18.4 Å².